The summed E-state index contributed by atoms with van der Waals surface area (Å²) < 4.78 is 30.2. The van der Waals surface area contributed by atoms with E-state index < -0.39 is 10.0 Å². The van der Waals surface area contributed by atoms with Gasteiger partial charge in [-0.25, -0.2) is 13.1 Å². The van der Waals surface area contributed by atoms with Gasteiger partial charge in [-0.05, 0) is 19.3 Å². The number of nitrogens with one attached hydrogen (secondary N) is 1. The maximum Gasteiger partial charge on any atom is 0.240 e. The molecule has 0 bridgehead atoms. The second-order valence-electron chi connectivity index (χ2n) is 5.29. The van der Waals surface area contributed by atoms with Crippen molar-refractivity contribution >= 4 is 10.0 Å². The summed E-state index contributed by atoms with van der Waals surface area (Å²) in [7, 11) is -3.11. The highest BCUT2D eigenvalue weighted by atomic mass is 32.2. The van der Waals surface area contributed by atoms with E-state index in [4.69, 9.17) is 4.52 Å². The minimum absolute atomic E-state index is 0.0413. The molecule has 8 heteroatoms. The molecule has 1 aromatic heterocycles. The summed E-state index contributed by atoms with van der Waals surface area (Å²) >= 11 is 0. The van der Waals surface area contributed by atoms with Gasteiger partial charge in [0.15, 0.2) is 5.82 Å². The fourth-order valence-corrected chi connectivity index (χ4v) is 3.22. The van der Waals surface area contributed by atoms with E-state index in [0.29, 0.717) is 12.4 Å². The maximum atomic E-state index is 11.2. The minimum Gasteiger partial charge on any atom is -0.338 e. The summed E-state index contributed by atoms with van der Waals surface area (Å²) in [6, 6.07) is 0.0413. The fraction of sp³-hybridized carbons (Fsp3) is 0.833. The molecule has 0 saturated carbocycles. The van der Waals surface area contributed by atoms with Crippen molar-refractivity contribution in [3.63, 3.8) is 0 Å². The van der Waals surface area contributed by atoms with E-state index in [1.54, 1.807) is 0 Å². The van der Waals surface area contributed by atoms with Crippen LogP contribution < -0.4 is 4.72 Å². The van der Waals surface area contributed by atoms with Gasteiger partial charge in [-0.15, -0.1) is 0 Å². The summed E-state index contributed by atoms with van der Waals surface area (Å²) in [5, 5.41) is 3.93. The fourth-order valence-electron chi connectivity index (χ4n) is 2.38. The zero-order valence-corrected chi connectivity index (χ0v) is 12.8. The molecule has 1 aliphatic rings. The van der Waals surface area contributed by atoms with Crippen LogP contribution in [0.1, 0.15) is 37.9 Å². The second-order valence-corrected chi connectivity index (χ2v) is 7.07. The smallest absolute Gasteiger partial charge is 0.240 e. The van der Waals surface area contributed by atoms with Gasteiger partial charge in [0.05, 0.1) is 12.8 Å². The van der Waals surface area contributed by atoms with Gasteiger partial charge in [0, 0.05) is 25.6 Å². The maximum absolute atomic E-state index is 11.2. The van der Waals surface area contributed by atoms with Gasteiger partial charge < -0.3 is 4.52 Å². The molecule has 20 heavy (non-hydrogen) atoms. The molecule has 1 aromatic rings. The Kier molecular flexibility index (Phi) is 5.11. The Hall–Kier alpha value is -0.990. The molecule has 0 spiro atoms. The normalized spacial score (nSPS) is 18.5. The van der Waals surface area contributed by atoms with Crippen molar-refractivity contribution in [2.75, 3.05) is 19.3 Å². The van der Waals surface area contributed by atoms with Crippen LogP contribution in [-0.4, -0.2) is 48.8 Å². The number of hydrogen-bond donors (Lipinski definition) is 1. The molecule has 0 amide bonds. The number of likely N-dealkylation sites (tertiary alicyclic amines) is 1. The van der Waals surface area contributed by atoms with Gasteiger partial charge in [-0.1, -0.05) is 12.1 Å². The molecular weight excluding hydrogens is 280 g/mol. The van der Waals surface area contributed by atoms with Crippen LogP contribution in [0.4, 0.5) is 0 Å². The van der Waals surface area contributed by atoms with E-state index in [9.17, 15) is 8.42 Å². The van der Waals surface area contributed by atoms with E-state index in [-0.39, 0.29) is 6.04 Å². The Labute approximate surface area is 119 Å². The number of piperidine rings is 1. The first-order valence-electron chi connectivity index (χ1n) is 6.97. The first-order chi connectivity index (χ1) is 9.46. The van der Waals surface area contributed by atoms with Gasteiger partial charge in [-0.2, -0.15) is 4.98 Å². The number of nitrogens with zero attached hydrogens (tertiary/aromatic N) is 3. The summed E-state index contributed by atoms with van der Waals surface area (Å²) in [4.78, 5) is 6.55. The minimum atomic E-state index is -3.11. The lowest BCUT2D eigenvalue weighted by Crippen LogP contribution is -2.44. The van der Waals surface area contributed by atoms with E-state index in [1.165, 1.54) is 6.26 Å². The first-order valence-corrected chi connectivity index (χ1v) is 8.86. The van der Waals surface area contributed by atoms with Gasteiger partial charge >= 0.3 is 0 Å². The molecule has 1 N–H and O–H groups in total. The van der Waals surface area contributed by atoms with Crippen LogP contribution in [0.2, 0.25) is 0 Å². The van der Waals surface area contributed by atoms with Crippen LogP contribution in [0.3, 0.4) is 0 Å². The number of aryl methyl sites for hydroxylation is 1. The van der Waals surface area contributed by atoms with E-state index in [1.807, 2.05) is 0 Å². The molecule has 1 fully saturated rings. The van der Waals surface area contributed by atoms with Crippen LogP contribution in [0.15, 0.2) is 4.52 Å². The van der Waals surface area contributed by atoms with Crippen molar-refractivity contribution in [2.45, 2.75) is 45.2 Å². The monoisotopic (exact) mass is 302 g/mol. The number of hydrogen-bond acceptors (Lipinski definition) is 6. The van der Waals surface area contributed by atoms with Gasteiger partial charge in [0.25, 0.3) is 0 Å². The molecule has 0 unspecified atom stereocenters. The Morgan fingerprint density at radius 3 is 2.70 bits per heavy atom. The highest BCUT2D eigenvalue weighted by Gasteiger charge is 2.22. The quantitative estimate of drug-likeness (QED) is 0.825. The molecule has 1 aliphatic heterocycles. The summed E-state index contributed by atoms with van der Waals surface area (Å²) in [6.07, 6.45) is 4.66. The highest BCUT2D eigenvalue weighted by molar-refractivity contribution is 7.88. The van der Waals surface area contributed by atoms with Crippen LogP contribution in [0, 0.1) is 0 Å². The zero-order chi connectivity index (χ0) is 14.6. The highest BCUT2D eigenvalue weighted by Crippen LogP contribution is 2.14. The molecule has 0 radical (unpaired) electrons. The number of sulfonamides is 1. The van der Waals surface area contributed by atoms with Crippen molar-refractivity contribution < 1.29 is 12.9 Å². The Balaban J connectivity index is 1.79. The van der Waals surface area contributed by atoms with Crippen molar-refractivity contribution in [1.82, 2.24) is 19.8 Å². The van der Waals surface area contributed by atoms with Crippen molar-refractivity contribution in [2.24, 2.45) is 0 Å². The summed E-state index contributed by atoms with van der Waals surface area (Å²) in [5.74, 6) is 1.40. The van der Waals surface area contributed by atoms with Crippen LogP contribution >= 0.6 is 0 Å². The Bertz CT molecular complexity index is 521. The van der Waals surface area contributed by atoms with Crippen molar-refractivity contribution in [1.29, 1.82) is 0 Å². The van der Waals surface area contributed by atoms with Crippen LogP contribution in [0.25, 0.3) is 0 Å². The molecule has 7 nitrogen and oxygen atoms in total. The average Bonchev–Trinajstić information content (AvgIpc) is 2.78. The van der Waals surface area contributed by atoms with Gasteiger partial charge in [-0.3, -0.25) is 4.90 Å². The van der Waals surface area contributed by atoms with Crippen molar-refractivity contribution in [3.8, 4) is 0 Å². The predicted octanol–water partition coefficient (Wildman–Crippen LogP) is 0.536. The predicted molar refractivity (Wildman–Crippen MR) is 74.6 cm³/mol. The van der Waals surface area contributed by atoms with E-state index >= 15 is 0 Å². The third-order valence-corrected chi connectivity index (χ3v) is 4.07. The topological polar surface area (TPSA) is 88.3 Å². The number of rotatable bonds is 6. The molecule has 2 rings (SSSR count). The average molecular weight is 302 g/mol. The zero-order valence-electron chi connectivity index (χ0n) is 12.0. The molecule has 0 aromatic carbocycles. The molecule has 0 atom stereocenters. The molecule has 2 heterocycles. The van der Waals surface area contributed by atoms with Crippen LogP contribution in [0.5, 0.6) is 0 Å². The lowest BCUT2D eigenvalue weighted by atomic mass is 10.1. The lowest BCUT2D eigenvalue weighted by Gasteiger charge is -2.30. The van der Waals surface area contributed by atoms with Gasteiger partial charge in [0.1, 0.15) is 0 Å². The van der Waals surface area contributed by atoms with E-state index in [2.05, 4.69) is 26.7 Å². The molecule has 0 aliphatic carbocycles. The summed E-state index contributed by atoms with van der Waals surface area (Å²) in [5.41, 5.74) is 0. The standard InChI is InChI=1S/C12H22N4O3S/c1-3-4-11-13-12(19-14-11)9-16-7-5-10(6-8-16)15-20(2,17)18/h10,15H,3-9H2,1-2H3. The van der Waals surface area contributed by atoms with Gasteiger partial charge in [0.2, 0.25) is 15.9 Å². The molecule has 1 saturated heterocycles. The second kappa shape index (κ2) is 6.64. The number of aromatic nitrogens is 2. The molecule has 114 valence electrons. The largest absolute Gasteiger partial charge is 0.338 e. The third-order valence-electron chi connectivity index (χ3n) is 3.31. The lowest BCUT2D eigenvalue weighted by molar-refractivity contribution is 0.177. The first kappa shape index (κ1) is 15.4. The Morgan fingerprint density at radius 1 is 1.40 bits per heavy atom. The van der Waals surface area contributed by atoms with E-state index in [0.717, 1.165) is 44.6 Å². The third kappa shape index (κ3) is 4.84. The SMILES string of the molecule is CCCc1noc(CN2CCC(NS(C)(=O)=O)CC2)n1. The van der Waals surface area contributed by atoms with Crippen LogP contribution in [-0.2, 0) is 23.0 Å². The summed E-state index contributed by atoms with van der Waals surface area (Å²) in [6.45, 7) is 4.38. The van der Waals surface area contributed by atoms with Crippen molar-refractivity contribution in [3.05, 3.63) is 11.7 Å². The Morgan fingerprint density at radius 2 is 2.10 bits per heavy atom. The molecular formula is C12H22N4O3S.